The molecule has 0 bridgehead atoms. The molecule has 3 nitrogen and oxygen atoms in total. The van der Waals surface area contributed by atoms with Crippen LogP contribution in [0.4, 0.5) is 18.9 Å². The Kier molecular flexibility index (Phi) is 5.04. The summed E-state index contributed by atoms with van der Waals surface area (Å²) in [6.45, 7) is 2.38. The predicted molar refractivity (Wildman–Crippen MR) is 76.5 cm³/mol. The molecule has 2 aromatic rings. The lowest BCUT2D eigenvalue weighted by Gasteiger charge is -2.12. The van der Waals surface area contributed by atoms with Crippen LogP contribution in [0.5, 0.6) is 5.75 Å². The van der Waals surface area contributed by atoms with Crippen LogP contribution in [0, 0.1) is 17.5 Å². The topological polar surface area (TPSA) is 38.3 Å². The molecule has 0 saturated heterocycles. The van der Waals surface area contributed by atoms with E-state index in [2.05, 4.69) is 5.32 Å². The second-order valence-electron chi connectivity index (χ2n) is 4.52. The maximum absolute atomic E-state index is 13.6. The Morgan fingerprint density at radius 2 is 1.82 bits per heavy atom. The van der Waals surface area contributed by atoms with Gasteiger partial charge in [0.1, 0.15) is 5.75 Å². The van der Waals surface area contributed by atoms with E-state index in [1.54, 1.807) is 24.3 Å². The van der Waals surface area contributed by atoms with Gasteiger partial charge in [-0.3, -0.25) is 4.79 Å². The van der Waals surface area contributed by atoms with Gasteiger partial charge in [-0.25, -0.2) is 13.2 Å². The van der Waals surface area contributed by atoms with Crippen LogP contribution < -0.4 is 10.1 Å². The highest BCUT2D eigenvalue weighted by Gasteiger charge is 2.19. The fraction of sp³-hybridized carbons (Fsp3) is 0.188. The number of carbonyl (C=O) groups is 1. The molecule has 0 spiro atoms. The first-order valence-corrected chi connectivity index (χ1v) is 6.71. The average molecular weight is 309 g/mol. The largest absolute Gasteiger partial charge is 0.491 e. The lowest BCUT2D eigenvalue weighted by molar-refractivity contribution is 0.102. The number of ether oxygens (including phenoxy) is 1. The number of hydrogen-bond acceptors (Lipinski definition) is 2. The molecule has 22 heavy (non-hydrogen) atoms. The molecule has 0 heterocycles. The van der Waals surface area contributed by atoms with Gasteiger partial charge in [-0.05, 0) is 30.7 Å². The van der Waals surface area contributed by atoms with Crippen molar-refractivity contribution in [3.63, 3.8) is 0 Å². The first-order chi connectivity index (χ1) is 10.5. The summed E-state index contributed by atoms with van der Waals surface area (Å²) < 4.78 is 45.1. The summed E-state index contributed by atoms with van der Waals surface area (Å²) in [6, 6.07) is 8.19. The Hall–Kier alpha value is -2.50. The molecule has 0 unspecified atom stereocenters. The van der Waals surface area contributed by atoms with Crippen LogP contribution in [0.3, 0.4) is 0 Å². The predicted octanol–water partition coefficient (Wildman–Crippen LogP) is 4.15. The second-order valence-corrected chi connectivity index (χ2v) is 4.52. The molecule has 2 rings (SSSR count). The molecule has 0 aliphatic heterocycles. The maximum atomic E-state index is 13.6. The second kappa shape index (κ2) is 6.98. The minimum atomic E-state index is -1.68. The summed E-state index contributed by atoms with van der Waals surface area (Å²) in [6.07, 6.45) is 0.778. The van der Waals surface area contributed by atoms with E-state index >= 15 is 0 Å². The summed E-state index contributed by atoms with van der Waals surface area (Å²) in [5, 5.41) is 2.43. The first kappa shape index (κ1) is 15.9. The van der Waals surface area contributed by atoms with Crippen LogP contribution in [0.1, 0.15) is 23.7 Å². The zero-order valence-electron chi connectivity index (χ0n) is 11.8. The third-order valence-corrected chi connectivity index (χ3v) is 2.88. The van der Waals surface area contributed by atoms with Crippen LogP contribution in [-0.4, -0.2) is 12.5 Å². The van der Waals surface area contributed by atoms with Crippen molar-refractivity contribution in [1.29, 1.82) is 0 Å². The number of para-hydroxylation sites is 2. The zero-order chi connectivity index (χ0) is 16.1. The molecule has 0 fully saturated rings. The van der Waals surface area contributed by atoms with Gasteiger partial charge in [-0.15, -0.1) is 0 Å². The summed E-state index contributed by atoms with van der Waals surface area (Å²) in [7, 11) is 0. The number of anilines is 1. The number of amides is 1. The van der Waals surface area contributed by atoms with Crippen LogP contribution in [0.25, 0.3) is 0 Å². The van der Waals surface area contributed by atoms with Crippen molar-refractivity contribution < 1.29 is 22.7 Å². The van der Waals surface area contributed by atoms with Crippen molar-refractivity contribution in [2.45, 2.75) is 13.3 Å². The van der Waals surface area contributed by atoms with E-state index in [0.717, 1.165) is 12.5 Å². The molecular formula is C16H14F3NO2. The Bertz CT molecular complexity index is 689. The van der Waals surface area contributed by atoms with Gasteiger partial charge in [0.25, 0.3) is 5.91 Å². The van der Waals surface area contributed by atoms with Crippen molar-refractivity contribution in [3.05, 3.63) is 59.4 Å². The van der Waals surface area contributed by atoms with Gasteiger partial charge in [0.05, 0.1) is 17.9 Å². The van der Waals surface area contributed by atoms with Crippen LogP contribution >= 0.6 is 0 Å². The summed E-state index contributed by atoms with van der Waals surface area (Å²) in [5.41, 5.74) is -0.255. The van der Waals surface area contributed by atoms with Gasteiger partial charge in [0.15, 0.2) is 17.5 Å². The summed E-state index contributed by atoms with van der Waals surface area (Å²) in [5.74, 6) is -5.02. The van der Waals surface area contributed by atoms with E-state index in [1.807, 2.05) is 6.92 Å². The number of hydrogen-bond donors (Lipinski definition) is 1. The highest BCUT2D eigenvalue weighted by molar-refractivity contribution is 6.05. The van der Waals surface area contributed by atoms with E-state index in [1.165, 1.54) is 0 Å². The quantitative estimate of drug-likeness (QED) is 0.843. The Morgan fingerprint density at radius 3 is 2.55 bits per heavy atom. The van der Waals surface area contributed by atoms with Gasteiger partial charge in [0.2, 0.25) is 0 Å². The van der Waals surface area contributed by atoms with Crippen molar-refractivity contribution in [1.82, 2.24) is 0 Å². The van der Waals surface area contributed by atoms with Gasteiger partial charge in [0, 0.05) is 0 Å². The van der Waals surface area contributed by atoms with E-state index in [0.29, 0.717) is 24.1 Å². The number of carbonyl (C=O) groups excluding carboxylic acids is 1. The molecule has 0 radical (unpaired) electrons. The molecule has 116 valence electrons. The molecule has 0 aromatic heterocycles. The van der Waals surface area contributed by atoms with Crippen LogP contribution in [0.15, 0.2) is 36.4 Å². The van der Waals surface area contributed by atoms with Crippen molar-refractivity contribution in [2.24, 2.45) is 0 Å². The average Bonchev–Trinajstić information content (AvgIpc) is 2.52. The van der Waals surface area contributed by atoms with E-state index in [-0.39, 0.29) is 0 Å². The van der Waals surface area contributed by atoms with Crippen molar-refractivity contribution in [3.8, 4) is 5.75 Å². The van der Waals surface area contributed by atoms with Crippen LogP contribution in [-0.2, 0) is 0 Å². The smallest absolute Gasteiger partial charge is 0.258 e. The Morgan fingerprint density at radius 1 is 1.09 bits per heavy atom. The fourth-order valence-electron chi connectivity index (χ4n) is 1.80. The molecule has 0 saturated carbocycles. The number of benzene rings is 2. The molecule has 2 aromatic carbocycles. The molecule has 0 aliphatic rings. The highest BCUT2D eigenvalue weighted by atomic mass is 19.2. The minimum Gasteiger partial charge on any atom is -0.491 e. The lowest BCUT2D eigenvalue weighted by atomic mass is 10.1. The minimum absolute atomic E-state index is 0.324. The monoisotopic (exact) mass is 309 g/mol. The Balaban J connectivity index is 2.24. The molecule has 0 atom stereocenters. The lowest BCUT2D eigenvalue weighted by Crippen LogP contribution is -2.16. The molecule has 6 heteroatoms. The third kappa shape index (κ3) is 3.39. The van der Waals surface area contributed by atoms with E-state index in [9.17, 15) is 18.0 Å². The normalized spacial score (nSPS) is 10.4. The summed E-state index contributed by atoms with van der Waals surface area (Å²) in [4.78, 5) is 12.0. The van der Waals surface area contributed by atoms with Gasteiger partial charge >= 0.3 is 0 Å². The molecule has 1 N–H and O–H groups in total. The standard InChI is InChI=1S/C16H14F3NO2/c1-2-9-22-13-6-4-3-5-12(13)20-16(21)10-7-8-11(17)15(19)14(10)18/h3-8H,2,9H2,1H3,(H,20,21). The van der Waals surface area contributed by atoms with Gasteiger partial charge in [-0.1, -0.05) is 19.1 Å². The van der Waals surface area contributed by atoms with Gasteiger partial charge in [-0.2, -0.15) is 0 Å². The SMILES string of the molecule is CCCOc1ccccc1NC(=O)c1ccc(F)c(F)c1F. The summed E-state index contributed by atoms with van der Waals surface area (Å²) >= 11 is 0. The number of nitrogens with one attached hydrogen (secondary N) is 1. The Labute approximate surface area is 125 Å². The number of halogens is 3. The van der Waals surface area contributed by atoms with E-state index < -0.39 is 28.9 Å². The van der Waals surface area contributed by atoms with Crippen molar-refractivity contribution >= 4 is 11.6 Å². The first-order valence-electron chi connectivity index (χ1n) is 6.71. The van der Waals surface area contributed by atoms with Gasteiger partial charge < -0.3 is 10.1 Å². The van der Waals surface area contributed by atoms with Crippen LogP contribution in [0.2, 0.25) is 0 Å². The van der Waals surface area contributed by atoms with E-state index in [4.69, 9.17) is 4.74 Å². The fourth-order valence-corrected chi connectivity index (χ4v) is 1.80. The molecule has 1 amide bonds. The highest BCUT2D eigenvalue weighted by Crippen LogP contribution is 2.25. The molecule has 0 aliphatic carbocycles. The zero-order valence-corrected chi connectivity index (χ0v) is 11.8. The van der Waals surface area contributed by atoms with Crippen molar-refractivity contribution in [2.75, 3.05) is 11.9 Å². The molecular weight excluding hydrogens is 295 g/mol. The number of rotatable bonds is 5. The third-order valence-electron chi connectivity index (χ3n) is 2.88. The maximum Gasteiger partial charge on any atom is 0.258 e.